The van der Waals surface area contributed by atoms with Crippen molar-refractivity contribution in [3.05, 3.63) is 40.2 Å². The summed E-state index contributed by atoms with van der Waals surface area (Å²) in [5.41, 5.74) is 0.803. The molecular formula is C10H13N3O2. The minimum atomic E-state index is -0.0662. The summed E-state index contributed by atoms with van der Waals surface area (Å²) in [7, 11) is 1.71. The Morgan fingerprint density at radius 1 is 1.40 bits per heavy atom. The van der Waals surface area contributed by atoms with Gasteiger partial charge in [0.25, 0.3) is 0 Å². The van der Waals surface area contributed by atoms with Crippen molar-refractivity contribution in [2.75, 3.05) is 0 Å². The van der Waals surface area contributed by atoms with E-state index in [1.807, 2.05) is 13.8 Å². The summed E-state index contributed by atoms with van der Waals surface area (Å²) in [6.45, 7) is 4.13. The lowest BCUT2D eigenvalue weighted by molar-refractivity contribution is 0.453. The van der Waals surface area contributed by atoms with Crippen molar-refractivity contribution in [2.45, 2.75) is 20.4 Å². The number of hydrogen-bond acceptors (Lipinski definition) is 3. The van der Waals surface area contributed by atoms with E-state index in [1.165, 1.54) is 4.57 Å². The number of aryl methyl sites for hydroxylation is 3. The van der Waals surface area contributed by atoms with Gasteiger partial charge in [-0.3, -0.25) is 4.57 Å². The molecule has 0 spiro atoms. The fourth-order valence-corrected chi connectivity index (χ4v) is 1.38. The lowest BCUT2D eigenvalue weighted by atomic mass is 10.4. The molecule has 0 N–H and O–H groups in total. The second-order valence-electron chi connectivity index (χ2n) is 3.57. The SMILES string of the molecule is Cc1nc(Cn2ccn(C)c2=O)oc1C. The molecule has 2 aromatic heterocycles. The van der Waals surface area contributed by atoms with E-state index in [0.717, 1.165) is 11.5 Å². The van der Waals surface area contributed by atoms with Gasteiger partial charge in [0.15, 0.2) is 0 Å². The van der Waals surface area contributed by atoms with E-state index in [9.17, 15) is 4.79 Å². The number of rotatable bonds is 2. The second-order valence-corrected chi connectivity index (χ2v) is 3.57. The largest absolute Gasteiger partial charge is 0.444 e. The minimum Gasteiger partial charge on any atom is -0.444 e. The lowest BCUT2D eigenvalue weighted by Crippen LogP contribution is -2.22. The van der Waals surface area contributed by atoms with Crippen LogP contribution in [0.5, 0.6) is 0 Å². The van der Waals surface area contributed by atoms with E-state index in [-0.39, 0.29) is 5.69 Å². The van der Waals surface area contributed by atoms with Crippen LogP contribution in [0.15, 0.2) is 21.6 Å². The van der Waals surface area contributed by atoms with Gasteiger partial charge in [-0.15, -0.1) is 0 Å². The second kappa shape index (κ2) is 3.42. The highest BCUT2D eigenvalue weighted by atomic mass is 16.4. The third-order valence-corrected chi connectivity index (χ3v) is 2.40. The monoisotopic (exact) mass is 207 g/mol. The minimum absolute atomic E-state index is 0.0662. The zero-order valence-corrected chi connectivity index (χ0v) is 9.02. The Labute approximate surface area is 87.0 Å². The maximum absolute atomic E-state index is 11.5. The van der Waals surface area contributed by atoms with E-state index in [1.54, 1.807) is 24.0 Å². The van der Waals surface area contributed by atoms with Crippen LogP contribution >= 0.6 is 0 Å². The van der Waals surface area contributed by atoms with Crippen molar-refractivity contribution in [3.63, 3.8) is 0 Å². The van der Waals surface area contributed by atoms with Gasteiger partial charge in [0, 0.05) is 19.4 Å². The zero-order valence-electron chi connectivity index (χ0n) is 9.02. The molecule has 0 aromatic carbocycles. The van der Waals surface area contributed by atoms with Crippen LogP contribution in [0, 0.1) is 13.8 Å². The first-order valence-corrected chi connectivity index (χ1v) is 4.72. The first kappa shape index (κ1) is 9.76. The molecule has 5 heteroatoms. The molecule has 0 unspecified atom stereocenters. The number of nitrogens with zero attached hydrogens (tertiary/aromatic N) is 3. The highest BCUT2D eigenvalue weighted by Gasteiger charge is 2.07. The van der Waals surface area contributed by atoms with Gasteiger partial charge >= 0.3 is 5.69 Å². The fourth-order valence-electron chi connectivity index (χ4n) is 1.38. The van der Waals surface area contributed by atoms with Crippen molar-refractivity contribution in [1.82, 2.24) is 14.1 Å². The first-order valence-electron chi connectivity index (χ1n) is 4.72. The van der Waals surface area contributed by atoms with Crippen molar-refractivity contribution >= 4 is 0 Å². The van der Waals surface area contributed by atoms with E-state index in [0.29, 0.717) is 12.4 Å². The molecule has 2 rings (SSSR count). The molecule has 5 nitrogen and oxygen atoms in total. The molecular weight excluding hydrogens is 194 g/mol. The van der Waals surface area contributed by atoms with E-state index < -0.39 is 0 Å². The summed E-state index contributed by atoms with van der Waals surface area (Å²) in [6, 6.07) is 0. The highest BCUT2D eigenvalue weighted by molar-refractivity contribution is 5.05. The summed E-state index contributed by atoms with van der Waals surface area (Å²) in [5.74, 6) is 1.37. The molecule has 0 amide bonds. The van der Waals surface area contributed by atoms with Crippen molar-refractivity contribution in [3.8, 4) is 0 Å². The van der Waals surface area contributed by atoms with Crippen LogP contribution in [-0.2, 0) is 13.6 Å². The molecule has 0 saturated carbocycles. The van der Waals surface area contributed by atoms with E-state index >= 15 is 0 Å². The van der Waals surface area contributed by atoms with Crippen LogP contribution in [-0.4, -0.2) is 14.1 Å². The smallest absolute Gasteiger partial charge is 0.328 e. The molecule has 15 heavy (non-hydrogen) atoms. The van der Waals surface area contributed by atoms with Gasteiger partial charge in [-0.2, -0.15) is 0 Å². The molecule has 0 radical (unpaired) electrons. The van der Waals surface area contributed by atoms with E-state index in [2.05, 4.69) is 4.98 Å². The number of oxazole rings is 1. The molecule has 0 saturated heterocycles. The van der Waals surface area contributed by atoms with Crippen LogP contribution in [0.3, 0.4) is 0 Å². The Morgan fingerprint density at radius 2 is 2.13 bits per heavy atom. The lowest BCUT2D eigenvalue weighted by Gasteiger charge is -1.95. The molecule has 0 atom stereocenters. The van der Waals surface area contributed by atoms with Crippen molar-refractivity contribution in [2.24, 2.45) is 7.05 Å². The molecule has 80 valence electrons. The molecule has 0 aliphatic carbocycles. The maximum atomic E-state index is 11.5. The van der Waals surface area contributed by atoms with Gasteiger partial charge in [0.05, 0.1) is 5.69 Å². The highest BCUT2D eigenvalue weighted by Crippen LogP contribution is 2.08. The van der Waals surface area contributed by atoms with Crippen LogP contribution in [0.25, 0.3) is 0 Å². The molecule has 2 aromatic rings. The summed E-state index contributed by atoms with van der Waals surface area (Å²) >= 11 is 0. The van der Waals surface area contributed by atoms with Crippen LogP contribution in [0.4, 0.5) is 0 Å². The summed E-state index contributed by atoms with van der Waals surface area (Å²) in [6.07, 6.45) is 3.43. The summed E-state index contributed by atoms with van der Waals surface area (Å²) in [5, 5.41) is 0. The van der Waals surface area contributed by atoms with Gasteiger partial charge in [0.2, 0.25) is 5.89 Å². The molecule has 2 heterocycles. The molecule has 0 bridgehead atoms. The maximum Gasteiger partial charge on any atom is 0.328 e. The predicted octanol–water partition coefficient (Wildman–Crippen LogP) is 0.840. The fraction of sp³-hybridized carbons (Fsp3) is 0.400. The standard InChI is InChI=1S/C10H13N3O2/c1-7-8(2)15-9(11-7)6-13-5-4-12(3)10(13)14/h4-5H,6H2,1-3H3. The normalized spacial score (nSPS) is 10.9. The number of aromatic nitrogens is 3. The van der Waals surface area contributed by atoms with Crippen molar-refractivity contribution in [1.29, 1.82) is 0 Å². The molecule has 0 aliphatic rings. The Balaban J connectivity index is 2.29. The van der Waals surface area contributed by atoms with Gasteiger partial charge < -0.3 is 8.98 Å². The van der Waals surface area contributed by atoms with Crippen molar-refractivity contribution < 1.29 is 4.42 Å². The number of hydrogen-bond donors (Lipinski definition) is 0. The predicted molar refractivity (Wildman–Crippen MR) is 54.8 cm³/mol. The quantitative estimate of drug-likeness (QED) is 0.733. The summed E-state index contributed by atoms with van der Waals surface area (Å²) in [4.78, 5) is 15.7. The Morgan fingerprint density at radius 3 is 2.60 bits per heavy atom. The van der Waals surface area contributed by atoms with Crippen LogP contribution < -0.4 is 5.69 Å². The van der Waals surface area contributed by atoms with E-state index in [4.69, 9.17) is 4.42 Å². The summed E-state index contributed by atoms with van der Waals surface area (Å²) < 4.78 is 8.48. The third kappa shape index (κ3) is 1.72. The van der Waals surface area contributed by atoms with Gasteiger partial charge in [-0.05, 0) is 13.8 Å². The average molecular weight is 207 g/mol. The van der Waals surface area contributed by atoms with Gasteiger partial charge in [-0.1, -0.05) is 0 Å². The van der Waals surface area contributed by atoms with Crippen LogP contribution in [0.1, 0.15) is 17.3 Å². The molecule has 0 aliphatic heterocycles. The Bertz CT molecular complexity index is 514. The zero-order chi connectivity index (χ0) is 11.0. The van der Waals surface area contributed by atoms with Gasteiger partial charge in [0.1, 0.15) is 12.3 Å². The topological polar surface area (TPSA) is 53.0 Å². The Kier molecular flexibility index (Phi) is 2.22. The third-order valence-electron chi connectivity index (χ3n) is 2.40. The van der Waals surface area contributed by atoms with Gasteiger partial charge in [-0.25, -0.2) is 9.78 Å². The molecule has 0 fully saturated rings. The average Bonchev–Trinajstić information content (AvgIpc) is 2.65. The Hall–Kier alpha value is -1.78. The number of imidazole rings is 1. The first-order chi connectivity index (χ1) is 7.08. The van der Waals surface area contributed by atoms with Crippen LogP contribution in [0.2, 0.25) is 0 Å².